The fourth-order valence-electron chi connectivity index (χ4n) is 2.39. The first-order chi connectivity index (χ1) is 6.93. The van der Waals surface area contributed by atoms with Gasteiger partial charge in [0, 0.05) is 11.4 Å². The van der Waals surface area contributed by atoms with E-state index in [-0.39, 0.29) is 0 Å². The van der Waals surface area contributed by atoms with Crippen LogP contribution in [0.2, 0.25) is 0 Å². The molecule has 2 aliphatic rings. The summed E-state index contributed by atoms with van der Waals surface area (Å²) in [6.07, 6.45) is 4.18. The molecule has 74 valence electrons. The fourth-order valence-corrected chi connectivity index (χ4v) is 3.74. The lowest BCUT2D eigenvalue weighted by Crippen LogP contribution is -2.39. The third-order valence-corrected chi connectivity index (χ3v) is 4.62. The summed E-state index contributed by atoms with van der Waals surface area (Å²) < 4.78 is 0. The van der Waals surface area contributed by atoms with Crippen LogP contribution in [-0.4, -0.2) is 16.8 Å². The Labute approximate surface area is 89.5 Å². The van der Waals surface area contributed by atoms with Crippen LogP contribution in [0.4, 0.5) is 0 Å². The van der Waals surface area contributed by atoms with Crippen LogP contribution in [0.25, 0.3) is 0 Å². The minimum Gasteiger partial charge on any atom is -0.287 e. The van der Waals surface area contributed by atoms with Gasteiger partial charge >= 0.3 is 0 Å². The Morgan fingerprint density at radius 2 is 2.14 bits per heavy atom. The zero-order valence-electron chi connectivity index (χ0n) is 8.28. The molecule has 1 aromatic carbocycles. The molecular weight excluding hydrogens is 190 g/mol. The van der Waals surface area contributed by atoms with Gasteiger partial charge in [-0.2, -0.15) is 0 Å². The van der Waals surface area contributed by atoms with E-state index in [2.05, 4.69) is 40.9 Å². The molecule has 0 aliphatic carbocycles. The molecule has 0 aromatic heterocycles. The van der Waals surface area contributed by atoms with Crippen LogP contribution in [0, 0.1) is 0 Å². The van der Waals surface area contributed by atoms with Crippen LogP contribution in [-0.2, 0) is 6.54 Å². The smallest absolute Gasteiger partial charge is 0.0607 e. The first-order valence-electron chi connectivity index (χ1n) is 5.42. The average molecular weight is 205 g/mol. The van der Waals surface area contributed by atoms with Crippen LogP contribution >= 0.6 is 11.8 Å². The monoisotopic (exact) mass is 205 g/mol. The molecule has 2 heterocycles. The number of nitrogens with zero attached hydrogens (tertiary/aromatic N) is 1. The first kappa shape index (κ1) is 8.81. The van der Waals surface area contributed by atoms with Crippen molar-refractivity contribution in [3.63, 3.8) is 0 Å². The van der Waals surface area contributed by atoms with Crippen LogP contribution in [0.5, 0.6) is 0 Å². The summed E-state index contributed by atoms with van der Waals surface area (Å²) in [4.78, 5) is 4.15. The molecule has 3 rings (SSSR count). The number of hydrogen-bond donors (Lipinski definition) is 0. The van der Waals surface area contributed by atoms with Crippen molar-refractivity contribution < 1.29 is 0 Å². The molecule has 1 fully saturated rings. The molecule has 0 amide bonds. The van der Waals surface area contributed by atoms with Crippen LogP contribution in [0.3, 0.4) is 0 Å². The Kier molecular flexibility index (Phi) is 2.26. The third-order valence-electron chi connectivity index (χ3n) is 3.16. The molecule has 1 nitrogen and oxygen atoms in total. The highest BCUT2D eigenvalue weighted by atomic mass is 32.2. The van der Waals surface area contributed by atoms with Crippen molar-refractivity contribution >= 4 is 11.8 Å². The van der Waals surface area contributed by atoms with E-state index in [0.29, 0.717) is 0 Å². The van der Waals surface area contributed by atoms with Gasteiger partial charge < -0.3 is 0 Å². The van der Waals surface area contributed by atoms with E-state index in [1.807, 2.05) is 0 Å². The lowest BCUT2D eigenvalue weighted by atomic mass is 10.1. The second-order valence-electron chi connectivity index (χ2n) is 4.15. The van der Waals surface area contributed by atoms with E-state index in [1.165, 1.54) is 42.8 Å². The molecule has 14 heavy (non-hydrogen) atoms. The molecule has 0 spiro atoms. The zero-order valence-corrected chi connectivity index (χ0v) is 9.09. The highest BCUT2D eigenvalue weighted by molar-refractivity contribution is 8.00. The number of hydrogen-bond acceptors (Lipinski definition) is 2. The van der Waals surface area contributed by atoms with Crippen molar-refractivity contribution in [3.05, 3.63) is 29.8 Å². The fraction of sp³-hybridized carbons (Fsp3) is 0.500. The average Bonchev–Trinajstić information content (AvgIpc) is 2.26. The molecule has 0 N–H and O–H groups in total. The molecule has 0 bridgehead atoms. The number of thioether (sulfide) groups is 1. The minimum atomic E-state index is 0.763. The molecule has 0 unspecified atom stereocenters. The number of fused-ring (bicyclic) bond motifs is 2. The van der Waals surface area contributed by atoms with Crippen LogP contribution in [0.1, 0.15) is 24.8 Å². The van der Waals surface area contributed by atoms with E-state index in [0.717, 1.165) is 5.37 Å². The summed E-state index contributed by atoms with van der Waals surface area (Å²) >= 11 is 2.07. The predicted molar refractivity (Wildman–Crippen MR) is 60.3 cm³/mol. The lowest BCUT2D eigenvalue weighted by molar-refractivity contribution is 0.192. The second kappa shape index (κ2) is 3.59. The predicted octanol–water partition coefficient (Wildman–Crippen LogP) is 3.10. The van der Waals surface area contributed by atoms with Gasteiger partial charge in [0.15, 0.2) is 0 Å². The van der Waals surface area contributed by atoms with E-state index >= 15 is 0 Å². The Morgan fingerprint density at radius 3 is 3.14 bits per heavy atom. The topological polar surface area (TPSA) is 3.24 Å². The van der Waals surface area contributed by atoms with Gasteiger partial charge in [0.05, 0.1) is 5.37 Å². The van der Waals surface area contributed by atoms with Gasteiger partial charge in [0.2, 0.25) is 0 Å². The molecule has 2 aliphatic heterocycles. The summed E-state index contributed by atoms with van der Waals surface area (Å²) in [5.74, 6) is 0. The van der Waals surface area contributed by atoms with Gasteiger partial charge in [0.25, 0.3) is 0 Å². The largest absolute Gasteiger partial charge is 0.287 e. The number of piperidine rings is 1. The molecule has 1 atom stereocenters. The first-order valence-corrected chi connectivity index (χ1v) is 6.30. The van der Waals surface area contributed by atoms with Crippen molar-refractivity contribution in [3.8, 4) is 0 Å². The number of benzene rings is 1. The maximum Gasteiger partial charge on any atom is 0.0607 e. The maximum atomic E-state index is 2.64. The lowest BCUT2D eigenvalue weighted by Gasteiger charge is -2.39. The van der Waals surface area contributed by atoms with Gasteiger partial charge in [-0.1, -0.05) is 18.2 Å². The summed E-state index contributed by atoms with van der Waals surface area (Å²) in [7, 11) is 0. The minimum absolute atomic E-state index is 0.763. The summed E-state index contributed by atoms with van der Waals surface area (Å²) in [5, 5.41) is 0.763. The van der Waals surface area contributed by atoms with Gasteiger partial charge in [-0.25, -0.2) is 0 Å². The molecular formula is C12H15NS. The Morgan fingerprint density at radius 1 is 1.21 bits per heavy atom. The van der Waals surface area contributed by atoms with E-state index < -0.39 is 0 Å². The van der Waals surface area contributed by atoms with Crippen molar-refractivity contribution in [2.24, 2.45) is 0 Å². The molecule has 1 saturated heterocycles. The maximum absolute atomic E-state index is 2.64. The van der Waals surface area contributed by atoms with Crippen LogP contribution in [0.15, 0.2) is 29.2 Å². The Balaban J connectivity index is 1.91. The Hall–Kier alpha value is -0.470. The SMILES string of the molecule is c1ccc2c(c1)CN1CCCC[C@H]1S2. The summed E-state index contributed by atoms with van der Waals surface area (Å²) in [6.45, 7) is 2.47. The second-order valence-corrected chi connectivity index (χ2v) is 5.37. The van der Waals surface area contributed by atoms with E-state index in [1.54, 1.807) is 0 Å². The molecule has 1 aromatic rings. The van der Waals surface area contributed by atoms with E-state index in [9.17, 15) is 0 Å². The molecule has 0 saturated carbocycles. The summed E-state index contributed by atoms with van der Waals surface area (Å²) in [5.41, 5.74) is 1.52. The van der Waals surface area contributed by atoms with Crippen molar-refractivity contribution in [1.29, 1.82) is 0 Å². The molecule has 0 radical (unpaired) electrons. The van der Waals surface area contributed by atoms with Crippen molar-refractivity contribution in [2.75, 3.05) is 6.54 Å². The third kappa shape index (κ3) is 1.47. The van der Waals surface area contributed by atoms with Crippen molar-refractivity contribution in [1.82, 2.24) is 4.90 Å². The van der Waals surface area contributed by atoms with Crippen LogP contribution < -0.4 is 0 Å². The Bertz CT molecular complexity index is 304. The van der Waals surface area contributed by atoms with Gasteiger partial charge in [-0.05, 0) is 37.4 Å². The van der Waals surface area contributed by atoms with E-state index in [4.69, 9.17) is 0 Å². The van der Waals surface area contributed by atoms with Gasteiger partial charge in [-0.3, -0.25) is 4.90 Å². The van der Waals surface area contributed by atoms with Gasteiger partial charge in [0.1, 0.15) is 0 Å². The normalized spacial score (nSPS) is 26.7. The molecule has 2 heteroatoms. The highest BCUT2D eigenvalue weighted by Gasteiger charge is 2.28. The highest BCUT2D eigenvalue weighted by Crippen LogP contribution is 2.39. The van der Waals surface area contributed by atoms with Crippen molar-refractivity contribution in [2.45, 2.75) is 36.1 Å². The zero-order chi connectivity index (χ0) is 9.38. The summed E-state index contributed by atoms with van der Waals surface area (Å²) in [6, 6.07) is 8.85. The standard InChI is InChI=1S/C12H15NS/c1-2-6-11-10(5-1)9-13-8-4-3-7-12(13)14-11/h1-2,5-6,12H,3-4,7-9H2/t12-/m1/s1. The number of rotatable bonds is 0. The quantitative estimate of drug-likeness (QED) is 0.640. The van der Waals surface area contributed by atoms with Gasteiger partial charge in [-0.15, -0.1) is 11.8 Å².